The van der Waals surface area contributed by atoms with Gasteiger partial charge in [0.25, 0.3) is 0 Å². The summed E-state index contributed by atoms with van der Waals surface area (Å²) in [4.78, 5) is 0. The zero-order valence-electron chi connectivity index (χ0n) is 26.2. The molecular weight excluding hydrogens is 929 g/mol. The van der Waals surface area contributed by atoms with Crippen molar-refractivity contribution < 1.29 is 155 Å². The predicted octanol–water partition coefficient (Wildman–Crippen LogP) is 11.1. The van der Waals surface area contributed by atoms with Crippen molar-refractivity contribution in [2.75, 3.05) is 39.6 Å². The second-order valence-electron chi connectivity index (χ2n) is 10.2. The van der Waals surface area contributed by atoms with Crippen LogP contribution >= 0.6 is 0 Å². The van der Waals surface area contributed by atoms with E-state index < -0.39 is 141 Å². The van der Waals surface area contributed by atoms with E-state index in [1.54, 1.807) is 0 Å². The first-order chi connectivity index (χ1) is 25.1. The van der Waals surface area contributed by atoms with Crippen molar-refractivity contribution in [2.45, 2.75) is 78.8 Å². The monoisotopic (exact) mass is 942 g/mol. The number of hydrogen-bond donors (Lipinski definition) is 0. The Morgan fingerprint density at radius 2 is 0.569 bits per heavy atom. The summed E-state index contributed by atoms with van der Waals surface area (Å²) in [5.41, 5.74) is -35.4. The Labute approximate surface area is 297 Å². The van der Waals surface area contributed by atoms with E-state index in [4.69, 9.17) is 0 Å². The molecule has 4 nitrogen and oxygen atoms in total. The van der Waals surface area contributed by atoms with Crippen molar-refractivity contribution in [1.29, 1.82) is 0 Å². The van der Waals surface area contributed by atoms with E-state index in [9.17, 15) is 136 Å². The lowest BCUT2D eigenvalue weighted by atomic mass is 9.79. The van der Waals surface area contributed by atoms with E-state index in [1.807, 2.05) is 0 Å². The third-order valence-electron chi connectivity index (χ3n) is 6.25. The van der Waals surface area contributed by atoms with Gasteiger partial charge in [0.1, 0.15) is 13.2 Å². The molecule has 0 aromatic carbocycles. The summed E-state index contributed by atoms with van der Waals surface area (Å²) < 4.78 is 426. The zero-order valence-corrected chi connectivity index (χ0v) is 26.2. The molecule has 0 aromatic rings. The molecule has 0 saturated carbocycles. The molecule has 346 valence electrons. The lowest BCUT2D eigenvalue weighted by Crippen LogP contribution is -2.66. The van der Waals surface area contributed by atoms with E-state index in [2.05, 4.69) is 18.9 Å². The van der Waals surface area contributed by atoms with Gasteiger partial charge in [0.05, 0.1) is 37.6 Å². The average Bonchev–Trinajstić information content (AvgIpc) is 2.94. The molecule has 0 amide bonds. The third-order valence-corrected chi connectivity index (χ3v) is 6.25. The van der Waals surface area contributed by atoms with Gasteiger partial charge in [-0.3, -0.25) is 0 Å². The van der Waals surface area contributed by atoms with Gasteiger partial charge < -0.3 is 18.9 Å². The Morgan fingerprint density at radius 1 is 0.328 bits per heavy atom. The summed E-state index contributed by atoms with van der Waals surface area (Å²) in [7, 11) is 0. The van der Waals surface area contributed by atoms with Gasteiger partial charge in [-0.1, -0.05) is 0 Å². The van der Waals surface area contributed by atoms with Crippen LogP contribution in [0.25, 0.3) is 0 Å². The van der Waals surface area contributed by atoms with E-state index in [-0.39, 0.29) is 0 Å². The maximum Gasteiger partial charge on any atom is 0.449 e. The number of ether oxygens (including phenoxy) is 4. The number of alkyl halides is 31. The van der Waals surface area contributed by atoms with Crippen molar-refractivity contribution >= 4 is 0 Å². The predicted molar refractivity (Wildman–Crippen MR) is 119 cm³/mol. The van der Waals surface area contributed by atoms with Gasteiger partial charge in [-0.15, -0.1) is 0 Å². The standard InChI is InChI=1S/C23H13F31O4/c24-9(15(28,29)30)7(12(25,18(37,38)39)19(40,41)42)10(16(31,32)33)57-5-3-55-1-2-56-4-6-58-11(17(34,35)36)8(13(26,20(43,44)45)21(46,47)48)14(27,22(49,50)51)23(52,53)54/h9H,1-6H2/b10-7+. The van der Waals surface area contributed by atoms with Gasteiger partial charge in [-0.05, 0) is 0 Å². The van der Waals surface area contributed by atoms with Crippen molar-refractivity contribution in [3.8, 4) is 0 Å². The highest BCUT2D eigenvalue weighted by Crippen LogP contribution is 2.63. The topological polar surface area (TPSA) is 36.9 Å². The molecule has 0 fully saturated rings. The summed E-state index contributed by atoms with van der Waals surface area (Å²) in [6, 6.07) is 0. The molecule has 0 aromatic heterocycles. The van der Waals surface area contributed by atoms with Crippen LogP contribution in [0.3, 0.4) is 0 Å². The minimum absolute atomic E-state index is 1.40. The molecule has 0 spiro atoms. The van der Waals surface area contributed by atoms with E-state index in [0.29, 0.717) is 0 Å². The van der Waals surface area contributed by atoms with Crippen LogP contribution in [0.2, 0.25) is 0 Å². The van der Waals surface area contributed by atoms with Gasteiger partial charge in [0, 0.05) is 0 Å². The van der Waals surface area contributed by atoms with Crippen molar-refractivity contribution in [3.05, 3.63) is 22.7 Å². The molecule has 0 bridgehead atoms. The number of allylic oxidation sites excluding steroid dienone is 4. The summed E-state index contributed by atoms with van der Waals surface area (Å²) in [6.07, 6.45) is -76.6. The minimum atomic E-state index is -8.51. The SMILES string of the molecule is FC(/C(=C(\OCCOCCOCCOC(=C(C(F)(C(F)(F)F)C(F)(F)F)C(F)(C(F)(F)F)C(F)(F)F)C(F)(F)F)C(F)(F)F)C(F)(C(F)(F)F)C(F)(F)F)C(F)(F)F. The van der Waals surface area contributed by atoms with Gasteiger partial charge in [0.2, 0.25) is 17.7 Å². The second-order valence-corrected chi connectivity index (χ2v) is 10.2. The van der Waals surface area contributed by atoms with Crippen LogP contribution in [-0.2, 0) is 18.9 Å². The van der Waals surface area contributed by atoms with Crippen LogP contribution in [0, 0.1) is 0 Å². The Kier molecular flexibility index (Phi) is 16.1. The Bertz CT molecular complexity index is 1330. The van der Waals surface area contributed by atoms with E-state index in [1.165, 1.54) is 0 Å². The molecule has 0 heterocycles. The van der Waals surface area contributed by atoms with Crippen LogP contribution < -0.4 is 0 Å². The van der Waals surface area contributed by atoms with Crippen LogP contribution in [0.4, 0.5) is 136 Å². The van der Waals surface area contributed by atoms with Gasteiger partial charge in [0.15, 0.2) is 0 Å². The minimum Gasteiger partial charge on any atom is -0.486 e. The molecule has 0 saturated heterocycles. The quantitative estimate of drug-likeness (QED) is 0.0931. The lowest BCUT2D eigenvalue weighted by molar-refractivity contribution is -0.366. The molecule has 1 atom stereocenters. The third kappa shape index (κ3) is 11.3. The fourth-order valence-electron chi connectivity index (χ4n) is 3.85. The number of hydrogen-bond acceptors (Lipinski definition) is 4. The first-order valence-electron chi connectivity index (χ1n) is 13.4. The van der Waals surface area contributed by atoms with Gasteiger partial charge >= 0.3 is 72.6 Å². The van der Waals surface area contributed by atoms with Crippen LogP contribution in [0.1, 0.15) is 0 Å². The summed E-state index contributed by atoms with van der Waals surface area (Å²) in [5, 5.41) is 0. The maximum absolute atomic E-state index is 14.6. The molecule has 0 aliphatic rings. The molecule has 58 heavy (non-hydrogen) atoms. The van der Waals surface area contributed by atoms with Crippen molar-refractivity contribution in [1.82, 2.24) is 0 Å². The largest absolute Gasteiger partial charge is 0.486 e. The summed E-state index contributed by atoms with van der Waals surface area (Å²) in [5.74, 6) is -9.10. The van der Waals surface area contributed by atoms with Gasteiger partial charge in [-0.2, -0.15) is 119 Å². The molecule has 0 radical (unpaired) electrons. The molecule has 1 unspecified atom stereocenters. The van der Waals surface area contributed by atoms with Gasteiger partial charge in [-0.25, -0.2) is 17.6 Å². The molecule has 0 N–H and O–H groups in total. The summed E-state index contributed by atoms with van der Waals surface area (Å²) >= 11 is 0. The number of rotatable bonds is 15. The first kappa shape index (κ1) is 54.8. The fourth-order valence-corrected chi connectivity index (χ4v) is 3.85. The fraction of sp³-hybridized carbons (Fsp3) is 0.826. The van der Waals surface area contributed by atoms with Crippen LogP contribution in [0.15, 0.2) is 22.7 Å². The highest BCUT2D eigenvalue weighted by atomic mass is 19.5. The maximum atomic E-state index is 14.6. The highest BCUT2D eigenvalue weighted by molar-refractivity contribution is 5.40. The van der Waals surface area contributed by atoms with Crippen molar-refractivity contribution in [2.24, 2.45) is 0 Å². The smallest absolute Gasteiger partial charge is 0.449 e. The summed E-state index contributed by atoms with van der Waals surface area (Å²) in [6.45, 7) is -11.2. The molecule has 0 aliphatic carbocycles. The number of halogens is 31. The normalized spacial score (nSPS) is 16.3. The second kappa shape index (κ2) is 17.1. The first-order valence-corrected chi connectivity index (χ1v) is 13.4. The molecular formula is C23H13F31O4. The van der Waals surface area contributed by atoms with Crippen LogP contribution in [0.5, 0.6) is 0 Å². The molecule has 0 rings (SSSR count). The average molecular weight is 942 g/mol. The lowest BCUT2D eigenvalue weighted by Gasteiger charge is -2.41. The molecule has 0 aliphatic heterocycles. The molecule has 35 heteroatoms. The Balaban J connectivity index is 6.49. The Hall–Kier alpha value is -3.17. The Morgan fingerprint density at radius 3 is 0.793 bits per heavy atom. The zero-order chi connectivity index (χ0) is 47.0. The van der Waals surface area contributed by atoms with E-state index in [0.717, 1.165) is 0 Å². The highest BCUT2D eigenvalue weighted by Gasteiger charge is 2.88. The van der Waals surface area contributed by atoms with E-state index >= 15 is 0 Å². The van der Waals surface area contributed by atoms with Crippen molar-refractivity contribution in [3.63, 3.8) is 0 Å². The van der Waals surface area contributed by atoms with Crippen LogP contribution in [-0.4, -0.2) is 118 Å².